The van der Waals surface area contributed by atoms with Crippen molar-refractivity contribution in [1.82, 2.24) is 9.55 Å². The van der Waals surface area contributed by atoms with E-state index in [1.54, 1.807) is 0 Å². The molecule has 0 aromatic carbocycles. The van der Waals surface area contributed by atoms with Crippen LogP contribution in [-0.2, 0) is 4.79 Å². The lowest BCUT2D eigenvalue weighted by Crippen LogP contribution is -2.54. The Balaban J connectivity index is 2.65. The van der Waals surface area contributed by atoms with E-state index in [2.05, 4.69) is 48.8 Å². The van der Waals surface area contributed by atoms with Crippen LogP contribution in [0.2, 0.25) is 39.3 Å². The molecule has 0 bridgehead atoms. The van der Waals surface area contributed by atoms with E-state index < -0.39 is 16.5 Å². The summed E-state index contributed by atoms with van der Waals surface area (Å²) in [6.07, 6.45) is 0.993. The summed E-state index contributed by atoms with van der Waals surface area (Å²) in [4.78, 5) is 15.7. The van der Waals surface area contributed by atoms with Gasteiger partial charge in [-0.2, -0.15) is 0 Å². The van der Waals surface area contributed by atoms with Crippen LogP contribution in [-0.4, -0.2) is 39.5 Å². The molecule has 0 aliphatic carbocycles. The van der Waals surface area contributed by atoms with E-state index in [0.29, 0.717) is 5.91 Å². The molecular formula is C10H24N2OSi2. The summed E-state index contributed by atoms with van der Waals surface area (Å²) in [5, 5.41) is 0. The standard InChI is InChI=1S/C10H24N2OSi2/c1-14(2,3)11-9-7-8-12(10(9)13)15(4,5)6/h9,11H,7-8H2,1-6H3. The number of nitrogens with one attached hydrogen (secondary N) is 1. The number of amides is 1. The van der Waals surface area contributed by atoms with Gasteiger partial charge < -0.3 is 9.55 Å². The second kappa shape index (κ2) is 4.03. The maximum Gasteiger partial charge on any atom is 0.231 e. The third kappa shape index (κ3) is 3.43. The van der Waals surface area contributed by atoms with E-state index in [0.717, 1.165) is 13.0 Å². The van der Waals surface area contributed by atoms with Gasteiger partial charge in [0, 0.05) is 6.54 Å². The summed E-state index contributed by atoms with van der Waals surface area (Å²) in [5.74, 6) is 0.344. The van der Waals surface area contributed by atoms with Crippen LogP contribution in [0.5, 0.6) is 0 Å². The van der Waals surface area contributed by atoms with Gasteiger partial charge in [0.05, 0.1) is 6.04 Å². The second-order valence-electron chi connectivity index (χ2n) is 6.40. The smallest absolute Gasteiger partial charge is 0.231 e. The Morgan fingerprint density at radius 3 is 2.07 bits per heavy atom. The Kier molecular flexibility index (Phi) is 3.47. The number of hydrogen-bond acceptors (Lipinski definition) is 2. The first kappa shape index (κ1) is 12.9. The molecule has 1 fully saturated rings. The zero-order chi connectivity index (χ0) is 11.9. The topological polar surface area (TPSA) is 32.3 Å². The van der Waals surface area contributed by atoms with Gasteiger partial charge in [-0.3, -0.25) is 4.79 Å². The zero-order valence-corrected chi connectivity index (χ0v) is 12.8. The molecule has 1 aliphatic rings. The average Bonchev–Trinajstić information content (AvgIpc) is 2.27. The van der Waals surface area contributed by atoms with Gasteiger partial charge in [0.15, 0.2) is 8.24 Å². The first-order chi connectivity index (χ1) is 6.61. The fourth-order valence-electron chi connectivity index (χ4n) is 2.00. The molecule has 15 heavy (non-hydrogen) atoms. The van der Waals surface area contributed by atoms with Gasteiger partial charge in [-0.15, -0.1) is 0 Å². The van der Waals surface area contributed by atoms with Crippen LogP contribution in [0.3, 0.4) is 0 Å². The van der Waals surface area contributed by atoms with Crippen LogP contribution in [0.25, 0.3) is 0 Å². The van der Waals surface area contributed by atoms with Gasteiger partial charge in [-0.1, -0.05) is 39.3 Å². The molecule has 5 heteroatoms. The van der Waals surface area contributed by atoms with Crippen LogP contribution in [0.1, 0.15) is 6.42 Å². The molecule has 0 saturated carbocycles. The highest BCUT2D eigenvalue weighted by Crippen LogP contribution is 2.20. The molecule has 1 rings (SSSR count). The molecular weight excluding hydrogens is 220 g/mol. The molecule has 1 saturated heterocycles. The number of hydrogen-bond donors (Lipinski definition) is 1. The van der Waals surface area contributed by atoms with Gasteiger partial charge in [-0.25, -0.2) is 0 Å². The van der Waals surface area contributed by atoms with Crippen molar-refractivity contribution < 1.29 is 4.79 Å². The molecule has 0 radical (unpaired) electrons. The van der Waals surface area contributed by atoms with E-state index in [9.17, 15) is 4.79 Å². The lowest BCUT2D eigenvalue weighted by atomic mass is 10.3. The highest BCUT2D eigenvalue weighted by atomic mass is 28.3. The van der Waals surface area contributed by atoms with Crippen molar-refractivity contribution in [3.8, 4) is 0 Å². The van der Waals surface area contributed by atoms with Crippen LogP contribution in [0.4, 0.5) is 0 Å². The van der Waals surface area contributed by atoms with Crippen LogP contribution >= 0.6 is 0 Å². The highest BCUT2D eigenvalue weighted by Gasteiger charge is 2.39. The quantitative estimate of drug-likeness (QED) is 0.769. The Morgan fingerprint density at radius 2 is 1.73 bits per heavy atom. The highest BCUT2D eigenvalue weighted by molar-refractivity contribution is 6.76. The molecule has 0 aromatic heterocycles. The van der Waals surface area contributed by atoms with E-state index in [4.69, 9.17) is 0 Å². The molecule has 1 heterocycles. The van der Waals surface area contributed by atoms with Gasteiger partial charge in [0.1, 0.15) is 8.24 Å². The molecule has 0 spiro atoms. The average molecular weight is 244 g/mol. The lowest BCUT2D eigenvalue weighted by molar-refractivity contribution is -0.125. The van der Waals surface area contributed by atoms with E-state index in [1.807, 2.05) is 0 Å². The van der Waals surface area contributed by atoms with E-state index >= 15 is 0 Å². The maximum atomic E-state index is 12.2. The SMILES string of the molecule is C[Si](C)(C)NC1CCN([Si](C)(C)C)C1=O. The minimum absolute atomic E-state index is 0.100. The van der Waals surface area contributed by atoms with Crippen LogP contribution in [0.15, 0.2) is 0 Å². The number of carbonyl (C=O) groups excluding carboxylic acids is 1. The summed E-state index contributed by atoms with van der Waals surface area (Å²) < 4.78 is 2.13. The van der Waals surface area contributed by atoms with Crippen molar-refractivity contribution in [2.24, 2.45) is 0 Å². The van der Waals surface area contributed by atoms with Crippen molar-refractivity contribution in [2.45, 2.75) is 51.7 Å². The molecule has 1 atom stereocenters. The third-order valence-electron chi connectivity index (χ3n) is 2.62. The van der Waals surface area contributed by atoms with Crippen LogP contribution in [0, 0.1) is 0 Å². The Hall–Kier alpha value is -0.136. The van der Waals surface area contributed by atoms with Crippen molar-refractivity contribution in [3.05, 3.63) is 0 Å². The molecule has 88 valence electrons. The molecule has 1 N–H and O–H groups in total. The fraction of sp³-hybridized carbons (Fsp3) is 0.900. The van der Waals surface area contributed by atoms with Crippen molar-refractivity contribution in [2.75, 3.05) is 6.54 Å². The zero-order valence-electron chi connectivity index (χ0n) is 10.8. The predicted octanol–water partition coefficient (Wildman–Crippen LogP) is 1.85. The van der Waals surface area contributed by atoms with Gasteiger partial charge in [-0.05, 0) is 6.42 Å². The largest absolute Gasteiger partial charge is 0.369 e. The summed E-state index contributed by atoms with van der Waals surface area (Å²) in [5.41, 5.74) is 0. The molecule has 3 nitrogen and oxygen atoms in total. The van der Waals surface area contributed by atoms with E-state index in [1.165, 1.54) is 0 Å². The predicted molar refractivity (Wildman–Crippen MR) is 69.9 cm³/mol. The molecule has 1 amide bonds. The monoisotopic (exact) mass is 244 g/mol. The molecule has 1 unspecified atom stereocenters. The van der Waals surface area contributed by atoms with Gasteiger partial charge in [0.25, 0.3) is 0 Å². The van der Waals surface area contributed by atoms with E-state index in [-0.39, 0.29) is 6.04 Å². The summed E-state index contributed by atoms with van der Waals surface area (Å²) >= 11 is 0. The van der Waals surface area contributed by atoms with Crippen molar-refractivity contribution in [3.63, 3.8) is 0 Å². The summed E-state index contributed by atoms with van der Waals surface area (Å²) in [7, 11) is -2.78. The maximum absolute atomic E-state index is 12.2. The summed E-state index contributed by atoms with van der Waals surface area (Å²) in [6.45, 7) is 14.4. The Labute approximate surface area is 95.4 Å². The lowest BCUT2D eigenvalue weighted by Gasteiger charge is -2.31. The van der Waals surface area contributed by atoms with Gasteiger partial charge >= 0.3 is 0 Å². The Bertz CT molecular complexity index is 255. The van der Waals surface area contributed by atoms with Crippen molar-refractivity contribution >= 4 is 22.4 Å². The van der Waals surface area contributed by atoms with Crippen molar-refractivity contribution in [1.29, 1.82) is 0 Å². The van der Waals surface area contributed by atoms with Crippen LogP contribution < -0.4 is 4.98 Å². The fourth-order valence-corrected chi connectivity index (χ4v) is 4.93. The first-order valence-electron chi connectivity index (χ1n) is 5.70. The summed E-state index contributed by atoms with van der Waals surface area (Å²) in [6, 6.07) is 0.100. The third-order valence-corrected chi connectivity index (χ3v) is 5.90. The Morgan fingerprint density at radius 1 is 1.20 bits per heavy atom. The number of carbonyl (C=O) groups is 1. The van der Waals surface area contributed by atoms with Gasteiger partial charge in [0.2, 0.25) is 5.91 Å². The minimum atomic E-state index is -1.45. The number of nitrogens with zero attached hydrogens (tertiary/aromatic N) is 1. The number of rotatable bonds is 3. The minimum Gasteiger partial charge on any atom is -0.369 e. The second-order valence-corrected chi connectivity index (χ2v) is 16.1. The molecule has 0 aromatic rings. The molecule has 1 aliphatic heterocycles. The first-order valence-corrected chi connectivity index (χ1v) is 12.7. The normalized spacial score (nSPS) is 23.7.